The molecular formula is C40H53FIrNO2Si-. The molecule has 0 unspecified atom stereocenters. The molecule has 0 atom stereocenters. The Kier molecular flexibility index (Phi) is 14.1. The van der Waals surface area contributed by atoms with Gasteiger partial charge in [0, 0.05) is 44.2 Å². The number of nitrogens with zero attached hydrogens (tertiary/aromatic N) is 1. The van der Waals surface area contributed by atoms with E-state index in [0.717, 1.165) is 69.2 Å². The van der Waals surface area contributed by atoms with Crippen LogP contribution in [0.1, 0.15) is 85.3 Å². The molecule has 1 N–H and O–H groups in total. The molecule has 4 aromatic rings. The zero-order chi connectivity index (χ0) is 33.7. The van der Waals surface area contributed by atoms with Gasteiger partial charge in [-0.2, -0.15) is 0 Å². The van der Waals surface area contributed by atoms with Gasteiger partial charge >= 0.3 is 0 Å². The molecule has 0 fully saturated rings. The molecule has 0 amide bonds. The summed E-state index contributed by atoms with van der Waals surface area (Å²) in [5, 5.41) is 14.7. The van der Waals surface area contributed by atoms with Gasteiger partial charge in [0.25, 0.3) is 0 Å². The van der Waals surface area contributed by atoms with Gasteiger partial charge in [-0.15, -0.1) is 34.9 Å². The second-order valence-corrected chi connectivity index (χ2v) is 19.4. The fraction of sp³-hybridized carbons (Fsp3) is 0.450. The van der Waals surface area contributed by atoms with Crippen LogP contribution in [0.5, 0.6) is 0 Å². The zero-order valence-corrected chi connectivity index (χ0v) is 33.1. The van der Waals surface area contributed by atoms with Crippen molar-refractivity contribution in [1.29, 1.82) is 0 Å². The number of ketones is 1. The standard InChI is InChI=1S/C27H29FNSi.C13H24O2.Ir/c1-17-12-19(14-20(13-17)27(2,3)4)26-22-9-8-18-15-25(30(5,6)7)24(28)16-23(18)21(22)10-11-29-26;1-5-10(6-2)12(14)9-13(15)11(7-3)8-4;/h8-11,13-16H,1-7H3;9-11,14H,5-8H2,1-4H3;/q-1;;. The van der Waals surface area contributed by atoms with Crippen molar-refractivity contribution in [2.45, 2.75) is 106 Å². The van der Waals surface area contributed by atoms with Crippen LogP contribution in [0.2, 0.25) is 19.6 Å². The summed E-state index contributed by atoms with van der Waals surface area (Å²) in [6, 6.07) is 17.9. The molecule has 0 aliphatic carbocycles. The number of carbonyl (C=O) groups excluding carboxylic acids is 1. The van der Waals surface area contributed by atoms with Crippen molar-refractivity contribution in [3.63, 3.8) is 0 Å². The number of benzene rings is 3. The zero-order valence-electron chi connectivity index (χ0n) is 29.7. The molecule has 0 bridgehead atoms. The number of hydrogen-bond acceptors (Lipinski definition) is 3. The second-order valence-electron chi connectivity index (χ2n) is 14.3. The molecule has 3 aromatic carbocycles. The maximum Gasteiger partial charge on any atom is 0.162 e. The first-order chi connectivity index (χ1) is 21.0. The number of rotatable bonds is 9. The first-order valence-corrected chi connectivity index (χ1v) is 20.1. The number of aromatic nitrogens is 1. The van der Waals surface area contributed by atoms with Gasteiger partial charge in [0.15, 0.2) is 5.78 Å². The number of aryl methyl sites for hydroxylation is 1. The number of carbonyl (C=O) groups is 1. The molecular weight excluding hydrogens is 766 g/mol. The maximum atomic E-state index is 15.0. The Morgan fingerprint density at radius 2 is 1.52 bits per heavy atom. The van der Waals surface area contributed by atoms with Crippen LogP contribution in [0, 0.1) is 30.6 Å². The van der Waals surface area contributed by atoms with E-state index in [-0.39, 0.29) is 54.7 Å². The number of aliphatic hydroxyl groups is 1. The van der Waals surface area contributed by atoms with Crippen LogP contribution >= 0.6 is 0 Å². The Morgan fingerprint density at radius 3 is 2.07 bits per heavy atom. The molecule has 251 valence electrons. The van der Waals surface area contributed by atoms with E-state index >= 15 is 4.39 Å². The molecule has 1 aromatic heterocycles. The third kappa shape index (κ3) is 9.46. The van der Waals surface area contributed by atoms with E-state index in [1.807, 2.05) is 46.0 Å². The molecule has 1 heterocycles. The Labute approximate surface area is 291 Å². The van der Waals surface area contributed by atoms with Crippen LogP contribution in [-0.4, -0.2) is 23.9 Å². The van der Waals surface area contributed by atoms with Crippen LogP contribution in [0.25, 0.3) is 32.8 Å². The topological polar surface area (TPSA) is 50.2 Å². The molecule has 1 radical (unpaired) electrons. The summed E-state index contributed by atoms with van der Waals surface area (Å²) in [4.78, 5) is 16.4. The van der Waals surface area contributed by atoms with Crippen LogP contribution in [0.4, 0.5) is 4.39 Å². The van der Waals surface area contributed by atoms with Crippen molar-refractivity contribution in [1.82, 2.24) is 4.98 Å². The van der Waals surface area contributed by atoms with Gasteiger partial charge < -0.3 is 10.1 Å². The van der Waals surface area contributed by atoms with Crippen molar-refractivity contribution in [2.24, 2.45) is 11.8 Å². The van der Waals surface area contributed by atoms with Crippen molar-refractivity contribution in [3.05, 3.63) is 83.5 Å². The monoisotopic (exact) mass is 819 g/mol. The van der Waals surface area contributed by atoms with Gasteiger partial charge in [0.2, 0.25) is 0 Å². The second kappa shape index (κ2) is 16.4. The Balaban J connectivity index is 0.000000394. The van der Waals surface area contributed by atoms with E-state index in [1.54, 1.807) is 6.07 Å². The van der Waals surface area contributed by atoms with Crippen LogP contribution < -0.4 is 5.19 Å². The van der Waals surface area contributed by atoms with Crippen molar-refractivity contribution < 1.29 is 34.4 Å². The molecule has 0 aliphatic rings. The molecule has 0 saturated carbocycles. The van der Waals surface area contributed by atoms with Gasteiger partial charge in [-0.3, -0.25) is 4.79 Å². The van der Waals surface area contributed by atoms with Gasteiger partial charge in [-0.05, 0) is 75.7 Å². The summed E-state index contributed by atoms with van der Waals surface area (Å²) >= 11 is 0. The normalized spacial score (nSPS) is 12.3. The number of aliphatic hydroxyl groups excluding tert-OH is 1. The first-order valence-electron chi connectivity index (χ1n) is 16.6. The van der Waals surface area contributed by atoms with Crippen molar-refractivity contribution in [3.8, 4) is 11.3 Å². The van der Waals surface area contributed by atoms with E-state index in [0.29, 0.717) is 0 Å². The summed E-state index contributed by atoms with van der Waals surface area (Å²) in [7, 11) is -1.75. The fourth-order valence-corrected chi connectivity index (χ4v) is 7.23. The van der Waals surface area contributed by atoms with E-state index in [2.05, 4.69) is 77.7 Å². The average molecular weight is 819 g/mol. The first kappa shape index (κ1) is 39.5. The third-order valence-electron chi connectivity index (χ3n) is 8.86. The van der Waals surface area contributed by atoms with E-state index < -0.39 is 8.07 Å². The molecule has 6 heteroatoms. The minimum Gasteiger partial charge on any atom is -0.512 e. The smallest absolute Gasteiger partial charge is 0.162 e. The van der Waals surface area contributed by atoms with Gasteiger partial charge in [0.1, 0.15) is 5.82 Å². The van der Waals surface area contributed by atoms with Crippen molar-refractivity contribution >= 4 is 40.6 Å². The molecule has 0 aliphatic heterocycles. The quantitative estimate of drug-likeness (QED) is 0.0602. The van der Waals surface area contributed by atoms with E-state index in [4.69, 9.17) is 4.98 Å². The van der Waals surface area contributed by atoms with Gasteiger partial charge in [0.05, 0.1) is 13.8 Å². The number of halogens is 1. The predicted octanol–water partition coefficient (Wildman–Crippen LogP) is 11.0. The summed E-state index contributed by atoms with van der Waals surface area (Å²) in [6.07, 6.45) is 6.73. The molecule has 3 nitrogen and oxygen atoms in total. The van der Waals surface area contributed by atoms with Gasteiger partial charge in [-0.25, -0.2) is 4.39 Å². The van der Waals surface area contributed by atoms with Crippen molar-refractivity contribution in [2.75, 3.05) is 0 Å². The Hall–Kier alpha value is -2.66. The number of pyridine rings is 1. The Morgan fingerprint density at radius 1 is 0.913 bits per heavy atom. The largest absolute Gasteiger partial charge is 0.512 e. The third-order valence-corrected chi connectivity index (χ3v) is 10.9. The van der Waals surface area contributed by atoms with E-state index in [9.17, 15) is 9.90 Å². The SMILES string of the molecule is CCC(CC)C(=O)C=C(O)C(CC)CC.Cc1[c-]c(-c2nccc3c2ccc2cc([Si](C)(C)C)c(F)cc23)cc(C(C)(C)C)c1.[Ir]. The summed E-state index contributed by atoms with van der Waals surface area (Å²) in [5.41, 5.74) is 4.30. The number of hydrogen-bond donors (Lipinski definition) is 1. The molecule has 0 saturated heterocycles. The predicted molar refractivity (Wildman–Crippen MR) is 194 cm³/mol. The molecule has 4 rings (SSSR count). The minimum atomic E-state index is -1.75. The van der Waals surface area contributed by atoms with E-state index in [1.165, 1.54) is 11.6 Å². The average Bonchev–Trinajstić information content (AvgIpc) is 2.96. The molecule has 0 spiro atoms. The fourth-order valence-electron chi connectivity index (χ4n) is 5.86. The summed E-state index contributed by atoms with van der Waals surface area (Å²) < 4.78 is 15.0. The van der Waals surface area contributed by atoms with Crippen LogP contribution in [0.15, 0.2) is 60.5 Å². The number of allylic oxidation sites excluding steroid dienone is 2. The van der Waals surface area contributed by atoms with Crippen LogP contribution in [0.3, 0.4) is 0 Å². The Bertz CT molecular complexity index is 1680. The summed E-state index contributed by atoms with van der Waals surface area (Å²) in [6.45, 7) is 23.3. The van der Waals surface area contributed by atoms with Crippen LogP contribution in [-0.2, 0) is 30.3 Å². The van der Waals surface area contributed by atoms with Gasteiger partial charge in [-0.1, -0.05) is 93.2 Å². The number of fused-ring (bicyclic) bond motifs is 3. The maximum absolute atomic E-state index is 15.0. The minimum absolute atomic E-state index is 0. The summed E-state index contributed by atoms with van der Waals surface area (Å²) in [5.74, 6) is 0.454. The molecule has 46 heavy (non-hydrogen) atoms.